The van der Waals surface area contributed by atoms with E-state index in [2.05, 4.69) is 5.32 Å². The average Bonchev–Trinajstić information content (AvgIpc) is 2.74. The second kappa shape index (κ2) is 5.96. The van der Waals surface area contributed by atoms with E-state index in [0.29, 0.717) is 5.02 Å². The van der Waals surface area contributed by atoms with Gasteiger partial charge in [0.15, 0.2) is 0 Å². The summed E-state index contributed by atoms with van der Waals surface area (Å²) in [5.41, 5.74) is 0.900. The zero-order valence-corrected chi connectivity index (χ0v) is 12.0. The third-order valence-corrected chi connectivity index (χ3v) is 3.28. The number of rotatable bonds is 4. The van der Waals surface area contributed by atoms with Gasteiger partial charge in [-0.1, -0.05) is 29.8 Å². The first kappa shape index (κ1) is 14.4. The van der Waals surface area contributed by atoms with Crippen LogP contribution in [0.5, 0.6) is 0 Å². The van der Waals surface area contributed by atoms with E-state index in [1.165, 1.54) is 14.0 Å². The molecule has 0 bridgehead atoms. The lowest BCUT2D eigenvalue weighted by Gasteiger charge is -2.16. The van der Waals surface area contributed by atoms with Crippen molar-refractivity contribution in [3.63, 3.8) is 0 Å². The lowest BCUT2D eigenvalue weighted by molar-refractivity contribution is -0.145. The van der Waals surface area contributed by atoms with Crippen molar-refractivity contribution in [1.29, 1.82) is 0 Å². The number of hydrogen-bond donors (Lipinski definition) is 1. The maximum Gasteiger partial charge on any atom is 0.330 e. The van der Waals surface area contributed by atoms with Gasteiger partial charge in [-0.15, -0.1) is 0 Å². The largest absolute Gasteiger partial charge is 0.467 e. The lowest BCUT2D eigenvalue weighted by atomic mass is 10.2. The fourth-order valence-electron chi connectivity index (χ4n) is 2.12. The second-order valence-electron chi connectivity index (χ2n) is 4.42. The normalized spacial score (nSPS) is 12.2. The molecule has 106 valence electrons. The van der Waals surface area contributed by atoms with Crippen molar-refractivity contribution in [3.05, 3.63) is 35.5 Å². The molecular formula is C14H15ClN2O3. The highest BCUT2D eigenvalue weighted by Crippen LogP contribution is 2.25. The van der Waals surface area contributed by atoms with Crippen LogP contribution in [-0.2, 0) is 20.9 Å². The van der Waals surface area contributed by atoms with E-state index in [1.807, 2.05) is 28.8 Å². The van der Waals surface area contributed by atoms with E-state index in [0.717, 1.165) is 10.9 Å². The molecule has 0 aliphatic rings. The number of hydrogen-bond acceptors (Lipinski definition) is 3. The molecule has 2 rings (SSSR count). The van der Waals surface area contributed by atoms with Gasteiger partial charge in [0, 0.05) is 24.0 Å². The molecule has 2 aromatic rings. The predicted octanol–water partition coefficient (Wildman–Crippen LogP) is 1.97. The maximum absolute atomic E-state index is 11.7. The summed E-state index contributed by atoms with van der Waals surface area (Å²) < 4.78 is 6.53. The highest BCUT2D eigenvalue weighted by molar-refractivity contribution is 6.35. The van der Waals surface area contributed by atoms with Gasteiger partial charge in [0.1, 0.15) is 6.04 Å². The Kier molecular flexibility index (Phi) is 4.29. The van der Waals surface area contributed by atoms with Crippen LogP contribution >= 0.6 is 11.6 Å². The van der Waals surface area contributed by atoms with E-state index >= 15 is 0 Å². The van der Waals surface area contributed by atoms with E-state index in [9.17, 15) is 9.59 Å². The van der Waals surface area contributed by atoms with Crippen LogP contribution in [0, 0.1) is 0 Å². The van der Waals surface area contributed by atoms with Gasteiger partial charge in [0.2, 0.25) is 5.91 Å². The number of fused-ring (bicyclic) bond motifs is 1. The first-order valence-electron chi connectivity index (χ1n) is 6.11. The molecule has 0 radical (unpaired) electrons. The topological polar surface area (TPSA) is 60.3 Å². The molecule has 1 aromatic heterocycles. The van der Waals surface area contributed by atoms with Crippen LogP contribution in [-0.4, -0.2) is 29.6 Å². The van der Waals surface area contributed by atoms with E-state index in [4.69, 9.17) is 16.3 Å². The number of carbonyl (C=O) groups is 2. The predicted molar refractivity (Wildman–Crippen MR) is 76.6 cm³/mol. The maximum atomic E-state index is 11.7. The first-order chi connectivity index (χ1) is 9.52. The molecule has 0 fully saturated rings. The van der Waals surface area contributed by atoms with Gasteiger partial charge >= 0.3 is 5.97 Å². The Morgan fingerprint density at radius 3 is 2.75 bits per heavy atom. The third kappa shape index (κ3) is 2.93. The summed E-state index contributed by atoms with van der Waals surface area (Å²) in [6.07, 6.45) is 1.74. The molecule has 0 saturated heterocycles. The van der Waals surface area contributed by atoms with Crippen LogP contribution in [0.4, 0.5) is 0 Å². The van der Waals surface area contributed by atoms with Crippen molar-refractivity contribution in [3.8, 4) is 0 Å². The van der Waals surface area contributed by atoms with Gasteiger partial charge in [0.05, 0.1) is 18.7 Å². The van der Waals surface area contributed by atoms with Crippen molar-refractivity contribution in [1.82, 2.24) is 9.88 Å². The Labute approximate surface area is 121 Å². The van der Waals surface area contributed by atoms with Crippen molar-refractivity contribution >= 4 is 34.4 Å². The number of halogens is 1. The molecule has 0 saturated carbocycles. The molecule has 1 amide bonds. The van der Waals surface area contributed by atoms with E-state index < -0.39 is 12.0 Å². The molecule has 20 heavy (non-hydrogen) atoms. The van der Waals surface area contributed by atoms with Gasteiger partial charge in [-0.3, -0.25) is 4.79 Å². The average molecular weight is 295 g/mol. The number of esters is 1. The quantitative estimate of drug-likeness (QED) is 0.877. The van der Waals surface area contributed by atoms with Crippen molar-refractivity contribution < 1.29 is 14.3 Å². The fourth-order valence-corrected chi connectivity index (χ4v) is 2.39. The number of amides is 1. The van der Waals surface area contributed by atoms with Crippen molar-refractivity contribution in [2.45, 2.75) is 19.5 Å². The van der Waals surface area contributed by atoms with Crippen LogP contribution in [0.15, 0.2) is 30.5 Å². The first-order valence-corrected chi connectivity index (χ1v) is 6.49. The minimum absolute atomic E-state index is 0.263. The number of carbonyl (C=O) groups excluding carboxylic acids is 2. The Morgan fingerprint density at radius 2 is 2.10 bits per heavy atom. The minimum Gasteiger partial charge on any atom is -0.467 e. The monoisotopic (exact) mass is 294 g/mol. The number of nitrogens with zero attached hydrogens (tertiary/aromatic N) is 1. The zero-order chi connectivity index (χ0) is 14.7. The smallest absolute Gasteiger partial charge is 0.330 e. The Bertz CT molecular complexity index is 651. The summed E-state index contributed by atoms with van der Waals surface area (Å²) in [6, 6.07) is 6.85. The van der Waals surface area contributed by atoms with Crippen LogP contribution in [0.2, 0.25) is 5.02 Å². The zero-order valence-electron chi connectivity index (χ0n) is 11.2. The van der Waals surface area contributed by atoms with Gasteiger partial charge in [-0.2, -0.15) is 0 Å². The lowest BCUT2D eigenvalue weighted by Crippen LogP contribution is -2.43. The highest BCUT2D eigenvalue weighted by Gasteiger charge is 2.21. The molecule has 0 aliphatic carbocycles. The molecule has 0 spiro atoms. The molecule has 0 aliphatic heterocycles. The molecule has 1 N–H and O–H groups in total. The minimum atomic E-state index is -0.746. The molecule has 1 aromatic carbocycles. The summed E-state index contributed by atoms with van der Waals surface area (Å²) in [5, 5.41) is 4.08. The number of nitrogens with one attached hydrogen (secondary N) is 1. The Balaban J connectivity index is 2.33. The Hall–Kier alpha value is -2.01. The molecular weight excluding hydrogens is 280 g/mol. The van der Waals surface area contributed by atoms with Crippen LogP contribution in [0.25, 0.3) is 10.9 Å². The van der Waals surface area contributed by atoms with Crippen LogP contribution in [0.1, 0.15) is 6.92 Å². The third-order valence-electron chi connectivity index (χ3n) is 2.98. The molecule has 5 nitrogen and oxygen atoms in total. The van der Waals surface area contributed by atoms with Gasteiger partial charge in [-0.05, 0) is 6.07 Å². The van der Waals surface area contributed by atoms with Crippen molar-refractivity contribution in [2.75, 3.05) is 7.11 Å². The Morgan fingerprint density at radius 1 is 1.40 bits per heavy atom. The summed E-state index contributed by atoms with van der Waals surface area (Å²) in [5.74, 6) is -0.780. The SMILES string of the molecule is COC(=O)C(Cn1cc(Cl)c2ccccc21)NC(C)=O. The number of methoxy groups -OCH3 is 1. The van der Waals surface area contributed by atoms with Crippen LogP contribution in [0.3, 0.4) is 0 Å². The summed E-state index contributed by atoms with van der Waals surface area (Å²) in [4.78, 5) is 22.9. The number of benzene rings is 1. The van der Waals surface area contributed by atoms with Gasteiger partial charge in [0.25, 0.3) is 0 Å². The van der Waals surface area contributed by atoms with E-state index in [1.54, 1.807) is 6.20 Å². The summed E-state index contributed by atoms with van der Waals surface area (Å²) >= 11 is 6.16. The molecule has 1 unspecified atom stereocenters. The standard InChI is InChI=1S/C14H15ClN2O3/c1-9(18)16-12(14(19)20-2)8-17-7-11(15)10-5-3-4-6-13(10)17/h3-7,12H,8H2,1-2H3,(H,16,18). The van der Waals surface area contributed by atoms with Gasteiger partial charge in [-0.25, -0.2) is 4.79 Å². The number of para-hydroxylation sites is 1. The molecule has 1 atom stereocenters. The number of ether oxygens (including phenoxy) is 1. The second-order valence-corrected chi connectivity index (χ2v) is 4.83. The molecule has 6 heteroatoms. The van der Waals surface area contributed by atoms with Crippen LogP contribution < -0.4 is 5.32 Å². The number of aromatic nitrogens is 1. The summed E-state index contributed by atoms with van der Waals surface area (Å²) in [7, 11) is 1.29. The highest BCUT2D eigenvalue weighted by atomic mass is 35.5. The van der Waals surface area contributed by atoms with Gasteiger partial charge < -0.3 is 14.6 Å². The van der Waals surface area contributed by atoms with Crippen molar-refractivity contribution in [2.24, 2.45) is 0 Å². The summed E-state index contributed by atoms with van der Waals surface area (Å²) in [6.45, 7) is 1.62. The fraction of sp³-hybridized carbons (Fsp3) is 0.286. The molecule has 1 heterocycles. The van der Waals surface area contributed by atoms with E-state index in [-0.39, 0.29) is 12.5 Å².